The Morgan fingerprint density at radius 1 is 1.13 bits per heavy atom. The fraction of sp³-hybridized carbons (Fsp3) is 0.400. The molecule has 10 heteroatoms. The van der Waals surface area contributed by atoms with Crippen LogP contribution in [0.4, 0.5) is 5.69 Å². The number of aryl methyl sites for hydroxylation is 1. The average Bonchev–Trinajstić information content (AvgIpc) is 2.76. The number of rotatable bonds is 6. The van der Waals surface area contributed by atoms with Crippen molar-refractivity contribution < 1.29 is 14.7 Å². The van der Waals surface area contributed by atoms with Crippen molar-refractivity contribution in [2.24, 2.45) is 0 Å². The highest BCUT2D eigenvalue weighted by Crippen LogP contribution is 2.15. The lowest BCUT2D eigenvalue weighted by atomic mass is 10.2. The van der Waals surface area contributed by atoms with Crippen molar-refractivity contribution in [3.05, 3.63) is 62.9 Å². The highest BCUT2D eigenvalue weighted by Gasteiger charge is 2.28. The lowest BCUT2D eigenvalue weighted by Crippen LogP contribution is -2.56. The molecular formula is C20H25N5O5. The molecule has 0 unspecified atom stereocenters. The maximum atomic E-state index is 12.7. The molecule has 1 fully saturated rings. The molecule has 2 aromatic rings. The number of carbonyl (C=O) groups is 2. The first-order chi connectivity index (χ1) is 14.4. The second-order valence-corrected chi connectivity index (χ2v) is 7.15. The molecule has 0 spiro atoms. The van der Waals surface area contributed by atoms with E-state index in [-0.39, 0.29) is 18.0 Å². The van der Waals surface area contributed by atoms with Gasteiger partial charge in [0.25, 0.3) is 5.56 Å². The molecular weight excluding hydrogens is 390 g/mol. The fourth-order valence-electron chi connectivity index (χ4n) is 3.36. The zero-order valence-electron chi connectivity index (χ0n) is 16.7. The van der Waals surface area contributed by atoms with Crippen LogP contribution in [0.3, 0.4) is 0 Å². The Bertz CT molecular complexity index is 1010. The fourth-order valence-corrected chi connectivity index (χ4v) is 3.36. The van der Waals surface area contributed by atoms with E-state index in [4.69, 9.17) is 0 Å². The predicted molar refractivity (Wildman–Crippen MR) is 110 cm³/mol. The monoisotopic (exact) mass is 415 g/mol. The number of amides is 2. The predicted octanol–water partition coefficient (Wildman–Crippen LogP) is -1.33. The Labute approximate surface area is 172 Å². The third kappa shape index (κ3) is 4.95. The van der Waals surface area contributed by atoms with Gasteiger partial charge in [-0.25, -0.2) is 4.79 Å². The van der Waals surface area contributed by atoms with Crippen molar-refractivity contribution in [1.29, 1.82) is 0 Å². The number of para-hydroxylation sites is 1. The summed E-state index contributed by atoms with van der Waals surface area (Å²) < 4.78 is 1.05. The molecule has 1 saturated heterocycles. The molecule has 1 aromatic carbocycles. The van der Waals surface area contributed by atoms with Gasteiger partial charge in [-0.2, -0.15) is 0 Å². The van der Waals surface area contributed by atoms with Gasteiger partial charge in [-0.1, -0.05) is 18.2 Å². The van der Waals surface area contributed by atoms with Crippen molar-refractivity contribution in [2.45, 2.75) is 19.5 Å². The Balaban J connectivity index is 1.57. The van der Waals surface area contributed by atoms with Crippen LogP contribution in [-0.2, 0) is 16.1 Å². The van der Waals surface area contributed by atoms with Crippen LogP contribution in [0, 0.1) is 6.92 Å². The third-order valence-corrected chi connectivity index (χ3v) is 5.03. The SMILES string of the molecule is Cc1cn(CC(=O)N[C@@H](CO)C(=O)N2CCN(c3ccccc3)CC2)c(=O)[nH]c1=O. The molecule has 30 heavy (non-hydrogen) atoms. The van der Waals surface area contributed by atoms with Gasteiger partial charge in [0.2, 0.25) is 11.8 Å². The lowest BCUT2D eigenvalue weighted by Gasteiger charge is -2.37. The molecule has 0 bridgehead atoms. The number of aliphatic hydroxyl groups excluding tert-OH is 1. The number of aliphatic hydroxyl groups is 1. The van der Waals surface area contributed by atoms with Crippen molar-refractivity contribution in [3.8, 4) is 0 Å². The van der Waals surface area contributed by atoms with Crippen LogP contribution < -0.4 is 21.5 Å². The van der Waals surface area contributed by atoms with Gasteiger partial charge in [0, 0.05) is 43.6 Å². The zero-order chi connectivity index (χ0) is 21.7. The summed E-state index contributed by atoms with van der Waals surface area (Å²) in [6.45, 7) is 2.83. The maximum absolute atomic E-state index is 12.7. The Kier molecular flexibility index (Phi) is 6.68. The van der Waals surface area contributed by atoms with Crippen molar-refractivity contribution >= 4 is 17.5 Å². The first-order valence-electron chi connectivity index (χ1n) is 9.68. The number of nitrogens with one attached hydrogen (secondary N) is 2. The Morgan fingerprint density at radius 3 is 2.43 bits per heavy atom. The van der Waals surface area contributed by atoms with Crippen LogP contribution in [-0.4, -0.2) is 70.2 Å². The highest BCUT2D eigenvalue weighted by atomic mass is 16.3. The second-order valence-electron chi connectivity index (χ2n) is 7.15. The van der Waals surface area contributed by atoms with Gasteiger partial charge in [-0.05, 0) is 19.1 Å². The van der Waals surface area contributed by atoms with E-state index in [1.165, 1.54) is 13.1 Å². The quantitative estimate of drug-likeness (QED) is 0.537. The van der Waals surface area contributed by atoms with E-state index in [9.17, 15) is 24.3 Å². The molecule has 0 aliphatic carbocycles. The summed E-state index contributed by atoms with van der Waals surface area (Å²) in [6, 6.07) is 8.78. The van der Waals surface area contributed by atoms with Gasteiger partial charge in [0.15, 0.2) is 0 Å². The van der Waals surface area contributed by atoms with E-state index in [2.05, 4.69) is 15.2 Å². The smallest absolute Gasteiger partial charge is 0.328 e. The van der Waals surface area contributed by atoms with E-state index < -0.39 is 29.8 Å². The molecule has 160 valence electrons. The zero-order valence-corrected chi connectivity index (χ0v) is 16.7. The summed E-state index contributed by atoms with van der Waals surface area (Å²) in [7, 11) is 0. The minimum Gasteiger partial charge on any atom is -0.394 e. The van der Waals surface area contributed by atoms with Gasteiger partial charge in [-0.15, -0.1) is 0 Å². The molecule has 2 heterocycles. The summed E-state index contributed by atoms with van der Waals surface area (Å²) >= 11 is 0. The number of benzene rings is 1. The molecule has 1 aliphatic rings. The summed E-state index contributed by atoms with van der Waals surface area (Å²) in [5.41, 5.74) is 0.131. The summed E-state index contributed by atoms with van der Waals surface area (Å²) in [5.74, 6) is -0.984. The van der Waals surface area contributed by atoms with Crippen LogP contribution in [0.2, 0.25) is 0 Å². The number of nitrogens with zero attached hydrogens (tertiary/aromatic N) is 3. The van der Waals surface area contributed by atoms with E-state index >= 15 is 0 Å². The molecule has 0 radical (unpaired) electrons. The molecule has 1 atom stereocenters. The summed E-state index contributed by atoms with van der Waals surface area (Å²) in [4.78, 5) is 54.2. The number of carbonyl (C=O) groups excluding carboxylic acids is 2. The van der Waals surface area contributed by atoms with Gasteiger partial charge < -0.3 is 20.2 Å². The van der Waals surface area contributed by atoms with Gasteiger partial charge in [-0.3, -0.25) is 23.9 Å². The molecule has 2 amide bonds. The minimum atomic E-state index is -1.10. The number of aromatic amines is 1. The second kappa shape index (κ2) is 9.40. The standard InChI is InChI=1S/C20H25N5O5/c1-14-11-25(20(30)22-18(14)28)12-17(27)21-16(13-26)19(29)24-9-7-23(8-10-24)15-5-3-2-4-6-15/h2-6,11,16,26H,7-10,12-13H2,1H3,(H,21,27)(H,22,28,30)/t16-/m0/s1. The highest BCUT2D eigenvalue weighted by molar-refractivity contribution is 5.88. The number of aromatic nitrogens is 2. The number of anilines is 1. The largest absolute Gasteiger partial charge is 0.394 e. The number of piperazine rings is 1. The van der Waals surface area contributed by atoms with Crippen LogP contribution in [0.15, 0.2) is 46.1 Å². The maximum Gasteiger partial charge on any atom is 0.328 e. The normalized spacial score (nSPS) is 15.0. The number of H-pyrrole nitrogens is 1. The van der Waals surface area contributed by atoms with Crippen molar-refractivity contribution in [1.82, 2.24) is 19.8 Å². The minimum absolute atomic E-state index is 0.286. The third-order valence-electron chi connectivity index (χ3n) is 5.03. The summed E-state index contributed by atoms with van der Waals surface area (Å²) in [6.07, 6.45) is 1.28. The Morgan fingerprint density at radius 2 is 1.80 bits per heavy atom. The number of hydrogen-bond acceptors (Lipinski definition) is 6. The number of hydrogen-bond donors (Lipinski definition) is 3. The molecule has 3 N–H and O–H groups in total. The van der Waals surface area contributed by atoms with E-state index in [0.29, 0.717) is 26.2 Å². The van der Waals surface area contributed by atoms with Gasteiger partial charge in [0.1, 0.15) is 12.6 Å². The van der Waals surface area contributed by atoms with E-state index in [0.717, 1.165) is 10.3 Å². The van der Waals surface area contributed by atoms with Gasteiger partial charge >= 0.3 is 5.69 Å². The molecule has 10 nitrogen and oxygen atoms in total. The lowest BCUT2D eigenvalue weighted by molar-refractivity contribution is -0.138. The van der Waals surface area contributed by atoms with E-state index in [1.807, 2.05) is 30.3 Å². The average molecular weight is 415 g/mol. The Hall–Kier alpha value is -3.40. The molecule has 1 aromatic heterocycles. The topological polar surface area (TPSA) is 128 Å². The van der Waals surface area contributed by atoms with Crippen molar-refractivity contribution in [3.63, 3.8) is 0 Å². The van der Waals surface area contributed by atoms with Crippen LogP contribution >= 0.6 is 0 Å². The van der Waals surface area contributed by atoms with Gasteiger partial charge in [0.05, 0.1) is 6.61 Å². The van der Waals surface area contributed by atoms with E-state index in [1.54, 1.807) is 4.90 Å². The van der Waals surface area contributed by atoms with Crippen LogP contribution in [0.25, 0.3) is 0 Å². The first kappa shape index (κ1) is 21.3. The van der Waals surface area contributed by atoms with Crippen LogP contribution in [0.5, 0.6) is 0 Å². The molecule has 0 saturated carbocycles. The molecule has 3 rings (SSSR count). The first-order valence-corrected chi connectivity index (χ1v) is 9.68. The molecule has 1 aliphatic heterocycles. The van der Waals surface area contributed by atoms with Crippen LogP contribution in [0.1, 0.15) is 5.56 Å². The van der Waals surface area contributed by atoms with Crippen molar-refractivity contribution in [2.75, 3.05) is 37.7 Å². The summed E-state index contributed by atoms with van der Waals surface area (Å²) in [5, 5.41) is 12.1.